The number of allylic oxidation sites excluding steroid dienone is 1. The number of benzene rings is 2. The molecule has 0 N–H and O–H groups in total. The van der Waals surface area contributed by atoms with E-state index in [1.807, 2.05) is 0 Å². The van der Waals surface area contributed by atoms with E-state index in [-0.39, 0.29) is 0 Å². The van der Waals surface area contributed by atoms with E-state index in [0.29, 0.717) is 0 Å². The zero-order valence-electron chi connectivity index (χ0n) is 12.3. The van der Waals surface area contributed by atoms with Gasteiger partial charge in [-0.2, -0.15) is 0 Å². The summed E-state index contributed by atoms with van der Waals surface area (Å²) in [4.78, 5) is 2.64. The van der Waals surface area contributed by atoms with E-state index < -0.39 is 0 Å². The van der Waals surface area contributed by atoms with Gasteiger partial charge in [0.05, 0.1) is 0 Å². The fourth-order valence-electron chi connectivity index (χ4n) is 3.85. The summed E-state index contributed by atoms with van der Waals surface area (Å²) >= 11 is 0. The van der Waals surface area contributed by atoms with Crippen molar-refractivity contribution in [3.63, 3.8) is 0 Å². The molecule has 0 radical (unpaired) electrons. The van der Waals surface area contributed by atoms with Gasteiger partial charge in [0.15, 0.2) is 0 Å². The second-order valence-corrected chi connectivity index (χ2v) is 6.29. The molecule has 2 aromatic carbocycles. The Bertz CT molecular complexity index is 644. The van der Waals surface area contributed by atoms with Crippen molar-refractivity contribution in [3.8, 4) is 0 Å². The number of hydrogen-bond donors (Lipinski definition) is 0. The summed E-state index contributed by atoms with van der Waals surface area (Å²) in [5, 5.41) is 0. The summed E-state index contributed by atoms with van der Waals surface area (Å²) in [6, 6.07) is 20.3. The summed E-state index contributed by atoms with van der Waals surface area (Å²) in [6.07, 6.45) is 8.40. The molecule has 2 atom stereocenters. The third kappa shape index (κ3) is 2.49. The van der Waals surface area contributed by atoms with E-state index in [0.717, 1.165) is 12.0 Å². The summed E-state index contributed by atoms with van der Waals surface area (Å²) in [5.41, 5.74) is 4.33. The first-order chi connectivity index (χ1) is 10.4. The smallest absolute Gasteiger partial charge is 0.0402 e. The fraction of sp³-hybridized carbons (Fsp3) is 0.300. The van der Waals surface area contributed by atoms with Crippen molar-refractivity contribution in [2.24, 2.45) is 5.92 Å². The molecule has 1 saturated heterocycles. The van der Waals surface area contributed by atoms with Gasteiger partial charge >= 0.3 is 0 Å². The SMILES string of the molecule is C(=C\c1ccccc1)/C[C@H]1C[C@@H]2Cc3ccccc3N2C1. The minimum atomic E-state index is 0.748. The van der Waals surface area contributed by atoms with Gasteiger partial charge in [-0.05, 0) is 42.4 Å². The van der Waals surface area contributed by atoms with Gasteiger partial charge in [-0.25, -0.2) is 0 Å². The van der Waals surface area contributed by atoms with Crippen molar-refractivity contribution in [2.75, 3.05) is 11.4 Å². The topological polar surface area (TPSA) is 3.24 Å². The van der Waals surface area contributed by atoms with E-state index in [1.165, 1.54) is 37.1 Å². The minimum Gasteiger partial charge on any atom is -0.368 e. The molecule has 4 rings (SSSR count). The molecule has 1 fully saturated rings. The molecule has 2 heterocycles. The summed E-state index contributed by atoms with van der Waals surface area (Å²) < 4.78 is 0. The number of rotatable bonds is 3. The van der Waals surface area contributed by atoms with Crippen LogP contribution < -0.4 is 4.90 Å². The monoisotopic (exact) mass is 275 g/mol. The Hall–Kier alpha value is -2.02. The van der Waals surface area contributed by atoms with Crippen LogP contribution in [-0.4, -0.2) is 12.6 Å². The second-order valence-electron chi connectivity index (χ2n) is 6.29. The van der Waals surface area contributed by atoms with Crippen molar-refractivity contribution < 1.29 is 0 Å². The predicted octanol–water partition coefficient (Wildman–Crippen LogP) is 4.54. The molecule has 21 heavy (non-hydrogen) atoms. The van der Waals surface area contributed by atoms with Gasteiger partial charge in [0, 0.05) is 18.3 Å². The van der Waals surface area contributed by atoms with Crippen LogP contribution in [0.2, 0.25) is 0 Å². The van der Waals surface area contributed by atoms with Crippen LogP contribution in [0.3, 0.4) is 0 Å². The van der Waals surface area contributed by atoms with Crippen molar-refractivity contribution >= 4 is 11.8 Å². The number of para-hydroxylation sites is 1. The van der Waals surface area contributed by atoms with E-state index in [9.17, 15) is 0 Å². The van der Waals surface area contributed by atoms with Gasteiger partial charge in [-0.15, -0.1) is 0 Å². The quantitative estimate of drug-likeness (QED) is 0.795. The molecule has 0 aliphatic carbocycles. The zero-order valence-corrected chi connectivity index (χ0v) is 12.3. The summed E-state index contributed by atoms with van der Waals surface area (Å²) in [7, 11) is 0. The Balaban J connectivity index is 1.39. The van der Waals surface area contributed by atoms with Gasteiger partial charge in [0.1, 0.15) is 0 Å². The fourth-order valence-corrected chi connectivity index (χ4v) is 3.85. The van der Waals surface area contributed by atoms with Gasteiger partial charge in [-0.1, -0.05) is 60.7 Å². The van der Waals surface area contributed by atoms with E-state index in [4.69, 9.17) is 0 Å². The first kappa shape index (κ1) is 12.7. The minimum absolute atomic E-state index is 0.748. The molecule has 0 bridgehead atoms. The highest BCUT2D eigenvalue weighted by Crippen LogP contribution is 2.40. The first-order valence-corrected chi connectivity index (χ1v) is 7.96. The number of fused-ring (bicyclic) bond motifs is 3. The Kier molecular flexibility index (Phi) is 3.27. The molecule has 1 heteroatoms. The number of hydrogen-bond acceptors (Lipinski definition) is 1. The number of anilines is 1. The molecule has 2 aromatic rings. The summed E-state index contributed by atoms with van der Waals surface area (Å²) in [6.45, 7) is 1.22. The second kappa shape index (κ2) is 5.40. The van der Waals surface area contributed by atoms with Crippen molar-refractivity contribution in [1.29, 1.82) is 0 Å². The van der Waals surface area contributed by atoms with Crippen molar-refractivity contribution in [2.45, 2.75) is 25.3 Å². The van der Waals surface area contributed by atoms with Crippen LogP contribution in [-0.2, 0) is 6.42 Å². The Morgan fingerprint density at radius 1 is 1.00 bits per heavy atom. The average Bonchev–Trinajstić information content (AvgIpc) is 3.05. The van der Waals surface area contributed by atoms with E-state index >= 15 is 0 Å². The molecule has 1 nitrogen and oxygen atoms in total. The lowest BCUT2D eigenvalue weighted by Gasteiger charge is -2.18. The van der Waals surface area contributed by atoms with Gasteiger partial charge in [0.25, 0.3) is 0 Å². The third-order valence-corrected chi connectivity index (χ3v) is 4.84. The van der Waals surface area contributed by atoms with Crippen LogP contribution in [0, 0.1) is 5.92 Å². The Labute approximate surface area is 126 Å². The number of nitrogens with zero attached hydrogens (tertiary/aromatic N) is 1. The van der Waals surface area contributed by atoms with Crippen LogP contribution in [0.4, 0.5) is 5.69 Å². The van der Waals surface area contributed by atoms with Gasteiger partial charge in [-0.3, -0.25) is 0 Å². The van der Waals surface area contributed by atoms with Crippen LogP contribution >= 0.6 is 0 Å². The van der Waals surface area contributed by atoms with Gasteiger partial charge in [0.2, 0.25) is 0 Å². The van der Waals surface area contributed by atoms with Crippen molar-refractivity contribution in [3.05, 3.63) is 71.8 Å². The molecule has 106 valence electrons. The standard InChI is InChI=1S/C20H21N/c1-2-7-16(8-3-1)9-6-10-17-13-19-14-18-11-4-5-12-20(18)21(19)15-17/h1-9,11-12,17,19H,10,13-15H2/b9-6+/t17-,19+/m0/s1. The summed E-state index contributed by atoms with van der Waals surface area (Å²) in [5.74, 6) is 0.809. The van der Waals surface area contributed by atoms with E-state index in [2.05, 4.69) is 71.6 Å². The largest absolute Gasteiger partial charge is 0.368 e. The van der Waals surface area contributed by atoms with Gasteiger partial charge < -0.3 is 4.90 Å². The maximum absolute atomic E-state index is 2.64. The lowest BCUT2D eigenvalue weighted by Crippen LogP contribution is -2.24. The predicted molar refractivity (Wildman–Crippen MR) is 89.5 cm³/mol. The molecular formula is C20H21N. The highest BCUT2D eigenvalue weighted by Gasteiger charge is 2.37. The zero-order chi connectivity index (χ0) is 14.1. The van der Waals surface area contributed by atoms with Crippen LogP contribution in [0.5, 0.6) is 0 Å². The normalized spacial score (nSPS) is 23.5. The first-order valence-electron chi connectivity index (χ1n) is 7.96. The lowest BCUT2D eigenvalue weighted by atomic mass is 9.98. The highest BCUT2D eigenvalue weighted by atomic mass is 15.2. The highest BCUT2D eigenvalue weighted by molar-refractivity contribution is 5.60. The molecule has 2 aliphatic heterocycles. The lowest BCUT2D eigenvalue weighted by molar-refractivity contribution is 0.563. The van der Waals surface area contributed by atoms with E-state index in [1.54, 1.807) is 5.56 Å². The van der Waals surface area contributed by atoms with Crippen LogP contribution in [0.1, 0.15) is 24.0 Å². The molecule has 2 aliphatic rings. The molecule has 0 unspecified atom stereocenters. The molecule has 0 saturated carbocycles. The van der Waals surface area contributed by atoms with Crippen LogP contribution in [0.25, 0.3) is 6.08 Å². The molecule has 0 spiro atoms. The maximum atomic E-state index is 2.64. The maximum Gasteiger partial charge on any atom is 0.0402 e. The Morgan fingerprint density at radius 3 is 2.71 bits per heavy atom. The third-order valence-electron chi connectivity index (χ3n) is 4.84. The molecule has 0 aromatic heterocycles. The molecular weight excluding hydrogens is 254 g/mol. The van der Waals surface area contributed by atoms with Crippen LogP contribution in [0.15, 0.2) is 60.7 Å². The molecule has 0 amide bonds. The van der Waals surface area contributed by atoms with Crippen molar-refractivity contribution in [1.82, 2.24) is 0 Å². The Morgan fingerprint density at radius 2 is 1.81 bits per heavy atom. The average molecular weight is 275 g/mol.